The Balaban J connectivity index is 1.64. The molecule has 0 bridgehead atoms. The van der Waals surface area contributed by atoms with E-state index in [2.05, 4.69) is 15.0 Å². The predicted molar refractivity (Wildman–Crippen MR) is 84.7 cm³/mol. The zero-order chi connectivity index (χ0) is 16.8. The first kappa shape index (κ1) is 15.6. The minimum Gasteiger partial charge on any atom is -0.387 e. The van der Waals surface area contributed by atoms with Gasteiger partial charge in [0.05, 0.1) is 12.2 Å². The van der Waals surface area contributed by atoms with Gasteiger partial charge < -0.3 is 25.6 Å². The Labute approximate surface area is 140 Å². The van der Waals surface area contributed by atoms with Crippen molar-refractivity contribution >= 4 is 34.7 Å². The summed E-state index contributed by atoms with van der Waals surface area (Å²) in [4.78, 5) is 26.1. The molecule has 2 aliphatic heterocycles. The second kappa shape index (κ2) is 5.84. The number of aliphatic hydroxyl groups is 2. The number of aliphatic hydroxyl groups excluding tert-OH is 2. The molecule has 11 heteroatoms. The van der Waals surface area contributed by atoms with Crippen molar-refractivity contribution in [2.45, 2.75) is 24.5 Å². The van der Waals surface area contributed by atoms with Crippen molar-refractivity contribution in [2.24, 2.45) is 0 Å². The third kappa shape index (κ3) is 2.32. The van der Waals surface area contributed by atoms with Crippen molar-refractivity contribution in [2.75, 3.05) is 23.9 Å². The molecule has 4 rings (SSSR count). The van der Waals surface area contributed by atoms with E-state index in [1.165, 1.54) is 17.2 Å². The predicted octanol–water partition coefficient (Wildman–Crippen LogP) is -1.44. The van der Waals surface area contributed by atoms with Gasteiger partial charge in [-0.05, 0) is 0 Å². The minimum absolute atomic E-state index is 0.202. The average Bonchev–Trinajstić information content (AvgIpc) is 3.29. The summed E-state index contributed by atoms with van der Waals surface area (Å²) >= 11 is 1.63. The van der Waals surface area contributed by atoms with Crippen LogP contribution in [0.4, 0.5) is 5.82 Å². The zero-order valence-electron chi connectivity index (χ0n) is 12.5. The molecule has 1 amide bonds. The van der Waals surface area contributed by atoms with E-state index >= 15 is 0 Å². The summed E-state index contributed by atoms with van der Waals surface area (Å²) in [6.07, 6.45) is -2.05. The average molecular weight is 352 g/mol. The van der Waals surface area contributed by atoms with Gasteiger partial charge in [0.1, 0.15) is 24.1 Å². The van der Waals surface area contributed by atoms with Crippen LogP contribution in [0.25, 0.3) is 11.2 Å². The topological polar surface area (TPSA) is 140 Å². The van der Waals surface area contributed by atoms with Gasteiger partial charge in [-0.15, -0.1) is 11.8 Å². The van der Waals surface area contributed by atoms with Gasteiger partial charge in [0.15, 0.2) is 23.8 Å². The van der Waals surface area contributed by atoms with Crippen LogP contribution in [0.5, 0.6) is 0 Å². The van der Waals surface area contributed by atoms with Crippen LogP contribution in [-0.4, -0.2) is 77.0 Å². The van der Waals surface area contributed by atoms with E-state index in [9.17, 15) is 15.0 Å². The summed E-state index contributed by atoms with van der Waals surface area (Å²) in [7, 11) is 0. The first-order chi connectivity index (χ1) is 11.6. The zero-order valence-corrected chi connectivity index (χ0v) is 13.3. The molecule has 10 nitrogen and oxygen atoms in total. The molecular formula is C13H16N6O4S. The molecule has 0 radical (unpaired) electrons. The second-order valence-corrected chi connectivity index (χ2v) is 6.73. The third-order valence-electron chi connectivity index (χ3n) is 4.21. The number of imidazole rings is 1. The van der Waals surface area contributed by atoms with Crippen molar-refractivity contribution in [1.82, 2.24) is 24.4 Å². The van der Waals surface area contributed by atoms with Crippen LogP contribution in [0.2, 0.25) is 0 Å². The van der Waals surface area contributed by atoms with Crippen molar-refractivity contribution in [3.8, 4) is 0 Å². The fourth-order valence-corrected chi connectivity index (χ4v) is 3.87. The van der Waals surface area contributed by atoms with Crippen LogP contribution in [0.15, 0.2) is 12.7 Å². The lowest BCUT2D eigenvalue weighted by molar-refractivity contribution is -0.147. The van der Waals surface area contributed by atoms with Crippen LogP contribution in [0.3, 0.4) is 0 Å². The Morgan fingerprint density at radius 3 is 2.92 bits per heavy atom. The van der Waals surface area contributed by atoms with Gasteiger partial charge in [0, 0.05) is 12.3 Å². The number of aromatic nitrogens is 4. The first-order valence-corrected chi connectivity index (χ1v) is 8.54. The number of nitrogens with zero attached hydrogens (tertiary/aromatic N) is 5. The second-order valence-electron chi connectivity index (χ2n) is 5.65. The highest BCUT2D eigenvalue weighted by Gasteiger charge is 2.49. The third-order valence-corrected chi connectivity index (χ3v) is 5.17. The van der Waals surface area contributed by atoms with Crippen molar-refractivity contribution in [3.63, 3.8) is 0 Å². The molecule has 0 unspecified atom stereocenters. The molecule has 2 saturated heterocycles. The summed E-state index contributed by atoms with van der Waals surface area (Å²) in [5.74, 6) is 1.29. The molecule has 4 heterocycles. The standard InChI is InChI=1S/C13H16N6O4S/c14-10-6-11(16-3-15-10)19(4-17-6)13-8(21)7(20)9(23-13)12(22)18-1-2-24-5-18/h3-4,7-9,13,20-21H,1-2,5H2,(H2,14,15,16)/t7-,8+,9-,13+/m0/s1. The Morgan fingerprint density at radius 2 is 2.17 bits per heavy atom. The lowest BCUT2D eigenvalue weighted by atomic mass is 10.1. The Bertz CT molecular complexity index is 779. The van der Waals surface area contributed by atoms with E-state index < -0.39 is 24.5 Å². The molecule has 2 aromatic heterocycles. The van der Waals surface area contributed by atoms with Crippen molar-refractivity contribution < 1.29 is 19.7 Å². The van der Waals surface area contributed by atoms with Crippen LogP contribution in [0.1, 0.15) is 6.23 Å². The van der Waals surface area contributed by atoms with E-state index in [4.69, 9.17) is 10.5 Å². The maximum atomic E-state index is 12.5. The van der Waals surface area contributed by atoms with Gasteiger partial charge in [-0.25, -0.2) is 15.0 Å². The Kier molecular flexibility index (Phi) is 3.79. The number of ether oxygens (including phenoxy) is 1. The van der Waals surface area contributed by atoms with Gasteiger partial charge >= 0.3 is 0 Å². The van der Waals surface area contributed by atoms with Crippen LogP contribution >= 0.6 is 11.8 Å². The Hall–Kier alpha value is -1.95. The van der Waals surface area contributed by atoms with Gasteiger partial charge in [-0.2, -0.15) is 0 Å². The van der Waals surface area contributed by atoms with Gasteiger partial charge in [-0.3, -0.25) is 9.36 Å². The number of fused-ring (bicyclic) bond motifs is 1. The molecular weight excluding hydrogens is 336 g/mol. The van der Waals surface area contributed by atoms with E-state index in [1.807, 2.05) is 0 Å². The molecule has 2 aliphatic rings. The van der Waals surface area contributed by atoms with E-state index in [1.54, 1.807) is 16.7 Å². The molecule has 0 aromatic carbocycles. The quantitative estimate of drug-likeness (QED) is 0.593. The molecule has 0 aliphatic carbocycles. The van der Waals surface area contributed by atoms with Crippen LogP contribution < -0.4 is 5.73 Å². The number of carbonyl (C=O) groups excluding carboxylic acids is 1. The number of rotatable bonds is 2. The number of hydrogen-bond donors (Lipinski definition) is 3. The summed E-state index contributed by atoms with van der Waals surface area (Å²) in [6, 6.07) is 0. The van der Waals surface area contributed by atoms with Crippen LogP contribution in [0, 0.1) is 0 Å². The van der Waals surface area contributed by atoms with Gasteiger partial charge in [-0.1, -0.05) is 0 Å². The maximum absolute atomic E-state index is 12.5. The number of amides is 1. The molecule has 2 fully saturated rings. The fourth-order valence-electron chi connectivity index (χ4n) is 2.92. The SMILES string of the molecule is Nc1ncnc2c1ncn2[C@@H]1O[C@H](C(=O)N2CCSC2)[C@@H](O)[C@H]1O. The molecule has 0 saturated carbocycles. The number of carbonyl (C=O) groups is 1. The minimum atomic E-state index is -1.33. The lowest BCUT2D eigenvalue weighted by Gasteiger charge is -2.20. The highest BCUT2D eigenvalue weighted by Crippen LogP contribution is 2.33. The lowest BCUT2D eigenvalue weighted by Crippen LogP contribution is -2.44. The number of hydrogen-bond acceptors (Lipinski definition) is 9. The molecule has 4 atom stereocenters. The monoisotopic (exact) mass is 352 g/mol. The molecule has 128 valence electrons. The number of nitrogen functional groups attached to an aromatic ring is 1. The normalized spacial score (nSPS) is 30.3. The van der Waals surface area contributed by atoms with E-state index in [0.29, 0.717) is 23.6 Å². The van der Waals surface area contributed by atoms with Crippen molar-refractivity contribution in [3.05, 3.63) is 12.7 Å². The smallest absolute Gasteiger partial charge is 0.255 e. The largest absolute Gasteiger partial charge is 0.387 e. The molecule has 2 aromatic rings. The number of nitrogens with two attached hydrogens (primary N) is 1. The molecule has 0 spiro atoms. The van der Waals surface area contributed by atoms with E-state index in [-0.39, 0.29) is 11.7 Å². The van der Waals surface area contributed by atoms with Gasteiger partial charge in [0.2, 0.25) is 0 Å². The Morgan fingerprint density at radius 1 is 1.33 bits per heavy atom. The first-order valence-electron chi connectivity index (χ1n) is 7.39. The van der Waals surface area contributed by atoms with E-state index in [0.717, 1.165) is 5.75 Å². The summed E-state index contributed by atoms with van der Waals surface area (Å²) in [5, 5.41) is 20.6. The summed E-state index contributed by atoms with van der Waals surface area (Å²) in [6.45, 7) is 0.606. The number of thioether (sulfide) groups is 1. The maximum Gasteiger partial charge on any atom is 0.255 e. The van der Waals surface area contributed by atoms with Crippen LogP contribution in [-0.2, 0) is 9.53 Å². The number of anilines is 1. The van der Waals surface area contributed by atoms with Gasteiger partial charge in [0.25, 0.3) is 5.91 Å². The highest BCUT2D eigenvalue weighted by molar-refractivity contribution is 7.99. The highest BCUT2D eigenvalue weighted by atomic mass is 32.2. The molecule has 4 N–H and O–H groups in total. The summed E-state index contributed by atoms with van der Waals surface area (Å²) < 4.78 is 7.13. The molecule has 24 heavy (non-hydrogen) atoms. The van der Waals surface area contributed by atoms with Crippen molar-refractivity contribution in [1.29, 1.82) is 0 Å². The summed E-state index contributed by atoms with van der Waals surface area (Å²) in [5.41, 5.74) is 6.48. The fraction of sp³-hybridized carbons (Fsp3) is 0.538.